The summed E-state index contributed by atoms with van der Waals surface area (Å²) in [7, 11) is 0. The lowest BCUT2D eigenvalue weighted by atomic mass is 10.1. The predicted octanol–water partition coefficient (Wildman–Crippen LogP) is 0.825. The molecule has 0 aromatic carbocycles. The first-order valence-corrected chi connectivity index (χ1v) is 4.18. The van der Waals surface area contributed by atoms with Gasteiger partial charge in [-0.2, -0.15) is 11.0 Å². The van der Waals surface area contributed by atoms with Crippen molar-refractivity contribution in [2.24, 2.45) is 5.90 Å². The summed E-state index contributed by atoms with van der Waals surface area (Å²) in [6.07, 6.45) is 0.997. The Hall–Kier alpha value is -1.36. The molecule has 72 valence electrons. The van der Waals surface area contributed by atoms with E-state index < -0.39 is 0 Å². The molecule has 1 aromatic heterocycles. The van der Waals surface area contributed by atoms with Crippen molar-refractivity contribution in [2.75, 3.05) is 5.73 Å². The number of anilines is 1. The first-order valence-electron chi connectivity index (χ1n) is 4.18. The largest absolute Gasteiger partial charge is 0.394 e. The summed E-state index contributed by atoms with van der Waals surface area (Å²) in [5.41, 5.74) is 6.90. The highest BCUT2D eigenvalue weighted by Gasteiger charge is 2.09. The van der Waals surface area contributed by atoms with Gasteiger partial charge in [0.1, 0.15) is 5.69 Å². The summed E-state index contributed by atoms with van der Waals surface area (Å²) < 4.78 is 0. The molecule has 1 heterocycles. The summed E-state index contributed by atoms with van der Waals surface area (Å²) in [4.78, 5) is 4.41. The molecule has 0 amide bonds. The van der Waals surface area contributed by atoms with Crippen LogP contribution in [0.25, 0.3) is 0 Å². The van der Waals surface area contributed by atoms with E-state index in [-0.39, 0.29) is 5.88 Å². The number of nitrogen functional groups attached to an aromatic ring is 1. The second-order valence-corrected chi connectivity index (χ2v) is 2.96. The fraction of sp³-hybridized carbons (Fsp3) is 0.500. The molecule has 1 atom stereocenters. The first kappa shape index (κ1) is 9.73. The Morgan fingerprint density at radius 3 is 2.69 bits per heavy atom. The zero-order chi connectivity index (χ0) is 9.84. The van der Waals surface area contributed by atoms with Crippen LogP contribution in [0.1, 0.15) is 31.9 Å². The molecule has 0 aliphatic rings. The number of aromatic nitrogens is 2. The third kappa shape index (κ3) is 2.06. The summed E-state index contributed by atoms with van der Waals surface area (Å²) >= 11 is 0. The van der Waals surface area contributed by atoms with Crippen LogP contribution < -0.4 is 16.5 Å². The van der Waals surface area contributed by atoms with Gasteiger partial charge < -0.3 is 10.6 Å². The Morgan fingerprint density at radius 2 is 2.23 bits per heavy atom. The predicted molar refractivity (Wildman–Crippen MR) is 50.0 cm³/mol. The molecule has 1 unspecified atom stereocenters. The lowest BCUT2D eigenvalue weighted by Gasteiger charge is -2.08. The van der Waals surface area contributed by atoms with Crippen LogP contribution in [0.5, 0.6) is 5.88 Å². The maximum Gasteiger partial charge on any atom is 0.279 e. The van der Waals surface area contributed by atoms with Gasteiger partial charge in [0, 0.05) is 5.92 Å². The van der Waals surface area contributed by atoms with Gasteiger partial charge in [-0.25, -0.2) is 0 Å². The molecule has 5 heteroatoms. The monoisotopic (exact) mass is 182 g/mol. The van der Waals surface area contributed by atoms with Crippen LogP contribution in [0, 0.1) is 0 Å². The first-order chi connectivity index (χ1) is 6.19. The van der Waals surface area contributed by atoms with Gasteiger partial charge in [0.25, 0.3) is 5.88 Å². The topological polar surface area (TPSA) is 87.0 Å². The molecule has 0 radical (unpaired) electrons. The zero-order valence-electron chi connectivity index (χ0n) is 7.82. The van der Waals surface area contributed by atoms with Crippen LogP contribution in [-0.2, 0) is 0 Å². The van der Waals surface area contributed by atoms with E-state index in [0.717, 1.165) is 12.1 Å². The van der Waals surface area contributed by atoms with Crippen molar-refractivity contribution in [3.63, 3.8) is 0 Å². The van der Waals surface area contributed by atoms with Gasteiger partial charge in [-0.15, -0.1) is 5.10 Å². The van der Waals surface area contributed by atoms with E-state index >= 15 is 0 Å². The van der Waals surface area contributed by atoms with Crippen LogP contribution in [-0.4, -0.2) is 10.2 Å². The van der Waals surface area contributed by atoms with Gasteiger partial charge in [-0.3, -0.25) is 0 Å². The second kappa shape index (κ2) is 4.04. The maximum absolute atomic E-state index is 5.62. The Bertz CT molecular complexity index is 289. The third-order valence-electron chi connectivity index (χ3n) is 2.04. The standard InChI is InChI=1S/C8H14N4O/c1-3-5(2)7-4-6(9)8(13-10)12-11-7/h4-5H,3,10H2,1-2H3,(H2,9,11). The molecule has 5 nitrogen and oxygen atoms in total. The summed E-state index contributed by atoms with van der Waals surface area (Å²) in [5, 5.41) is 7.69. The molecule has 0 fully saturated rings. The number of nitrogens with two attached hydrogens (primary N) is 2. The van der Waals surface area contributed by atoms with Crippen molar-refractivity contribution < 1.29 is 4.84 Å². The van der Waals surface area contributed by atoms with Crippen molar-refractivity contribution in [1.29, 1.82) is 0 Å². The van der Waals surface area contributed by atoms with Gasteiger partial charge >= 0.3 is 0 Å². The van der Waals surface area contributed by atoms with Gasteiger partial charge in [0.15, 0.2) is 0 Å². The van der Waals surface area contributed by atoms with E-state index in [9.17, 15) is 0 Å². The maximum atomic E-state index is 5.62. The smallest absolute Gasteiger partial charge is 0.279 e. The van der Waals surface area contributed by atoms with E-state index in [1.54, 1.807) is 6.07 Å². The highest BCUT2D eigenvalue weighted by Crippen LogP contribution is 2.22. The molecule has 1 rings (SSSR count). The Morgan fingerprint density at radius 1 is 1.54 bits per heavy atom. The molecule has 1 aromatic rings. The highest BCUT2D eigenvalue weighted by molar-refractivity contribution is 5.47. The van der Waals surface area contributed by atoms with Crippen molar-refractivity contribution in [3.05, 3.63) is 11.8 Å². The van der Waals surface area contributed by atoms with Crippen molar-refractivity contribution >= 4 is 5.69 Å². The molecule has 0 bridgehead atoms. The molecule has 0 saturated heterocycles. The highest BCUT2D eigenvalue weighted by atomic mass is 16.6. The third-order valence-corrected chi connectivity index (χ3v) is 2.04. The zero-order valence-corrected chi connectivity index (χ0v) is 7.82. The molecular formula is C8H14N4O. The fourth-order valence-electron chi connectivity index (χ4n) is 0.952. The minimum Gasteiger partial charge on any atom is -0.394 e. The van der Waals surface area contributed by atoms with E-state index in [2.05, 4.69) is 28.9 Å². The lowest BCUT2D eigenvalue weighted by molar-refractivity contribution is 0.318. The SMILES string of the molecule is CCC(C)c1cc(N)c(ON)nn1. The molecule has 13 heavy (non-hydrogen) atoms. The quantitative estimate of drug-likeness (QED) is 0.676. The number of hydrogen-bond acceptors (Lipinski definition) is 5. The van der Waals surface area contributed by atoms with E-state index in [1.165, 1.54) is 0 Å². The molecular weight excluding hydrogens is 168 g/mol. The van der Waals surface area contributed by atoms with Crippen LogP contribution in [0.15, 0.2) is 6.07 Å². The summed E-state index contributed by atoms with van der Waals surface area (Å²) in [5.74, 6) is 5.45. The van der Waals surface area contributed by atoms with Gasteiger partial charge in [0.2, 0.25) is 0 Å². The lowest BCUT2D eigenvalue weighted by Crippen LogP contribution is -2.09. The van der Waals surface area contributed by atoms with E-state index in [0.29, 0.717) is 11.6 Å². The van der Waals surface area contributed by atoms with Crippen molar-refractivity contribution in [1.82, 2.24) is 10.2 Å². The molecule has 0 aliphatic heterocycles. The van der Waals surface area contributed by atoms with Gasteiger partial charge in [-0.1, -0.05) is 13.8 Å². The van der Waals surface area contributed by atoms with Crippen LogP contribution in [0.4, 0.5) is 5.69 Å². The van der Waals surface area contributed by atoms with Crippen LogP contribution >= 0.6 is 0 Å². The van der Waals surface area contributed by atoms with Gasteiger partial charge in [0.05, 0.1) is 5.69 Å². The van der Waals surface area contributed by atoms with Crippen LogP contribution in [0.3, 0.4) is 0 Å². The molecule has 0 saturated carbocycles. The summed E-state index contributed by atoms with van der Waals surface area (Å²) in [6.45, 7) is 4.14. The Labute approximate surface area is 77.0 Å². The number of hydrogen-bond donors (Lipinski definition) is 2. The van der Waals surface area contributed by atoms with E-state index in [1.807, 2.05) is 0 Å². The van der Waals surface area contributed by atoms with Crippen molar-refractivity contribution in [3.8, 4) is 5.88 Å². The minimum absolute atomic E-state index is 0.173. The Kier molecular flexibility index (Phi) is 3.02. The Balaban J connectivity index is 2.95. The normalized spacial score (nSPS) is 12.5. The van der Waals surface area contributed by atoms with Crippen LogP contribution in [0.2, 0.25) is 0 Å². The van der Waals surface area contributed by atoms with Crippen molar-refractivity contribution in [2.45, 2.75) is 26.2 Å². The molecule has 0 spiro atoms. The second-order valence-electron chi connectivity index (χ2n) is 2.96. The molecule has 0 aliphatic carbocycles. The number of rotatable bonds is 3. The fourth-order valence-corrected chi connectivity index (χ4v) is 0.952. The van der Waals surface area contributed by atoms with E-state index in [4.69, 9.17) is 11.6 Å². The minimum atomic E-state index is 0.173. The average Bonchev–Trinajstić information content (AvgIpc) is 2.16. The number of nitrogens with zero attached hydrogens (tertiary/aromatic N) is 2. The average molecular weight is 182 g/mol. The summed E-state index contributed by atoms with van der Waals surface area (Å²) in [6, 6.07) is 1.74. The molecule has 4 N–H and O–H groups in total. The van der Waals surface area contributed by atoms with Gasteiger partial charge in [-0.05, 0) is 12.5 Å².